The van der Waals surface area contributed by atoms with Crippen LogP contribution in [0.15, 0.2) is 36.9 Å². The molecule has 0 N–H and O–H groups in total. The predicted molar refractivity (Wildman–Crippen MR) is 64.4 cm³/mol. The van der Waals surface area contributed by atoms with E-state index in [4.69, 9.17) is 0 Å². The lowest BCUT2D eigenvalue weighted by atomic mass is 9.96. The lowest BCUT2D eigenvalue weighted by Crippen LogP contribution is -1.91. The minimum atomic E-state index is 1.09. The third kappa shape index (κ3) is 2.14. The molecular formula is C14H18. The lowest BCUT2D eigenvalue weighted by molar-refractivity contribution is 1.10. The molecule has 0 heterocycles. The van der Waals surface area contributed by atoms with Gasteiger partial charge in [0.25, 0.3) is 0 Å². The molecule has 14 heavy (non-hydrogen) atoms. The smallest absolute Gasteiger partial charge is 0.0158 e. The van der Waals surface area contributed by atoms with Gasteiger partial charge in [-0.25, -0.2) is 0 Å². The van der Waals surface area contributed by atoms with E-state index < -0.39 is 0 Å². The van der Waals surface area contributed by atoms with E-state index in [2.05, 4.69) is 44.7 Å². The highest BCUT2D eigenvalue weighted by atomic mass is 14.1. The Morgan fingerprint density at radius 2 is 2.14 bits per heavy atom. The van der Waals surface area contributed by atoms with Crippen LogP contribution in [0.2, 0.25) is 0 Å². The normalized spacial score (nSPS) is 10.8. The SMILES string of the molecule is C=C(C=CC)c1cccc(CC)c1C. The first-order chi connectivity index (χ1) is 6.70. The Morgan fingerprint density at radius 3 is 2.71 bits per heavy atom. The highest BCUT2D eigenvalue weighted by molar-refractivity contribution is 5.74. The molecule has 0 aromatic heterocycles. The van der Waals surface area contributed by atoms with Crippen molar-refractivity contribution in [2.24, 2.45) is 0 Å². The summed E-state index contributed by atoms with van der Waals surface area (Å²) < 4.78 is 0. The largest absolute Gasteiger partial charge is 0.0912 e. The lowest BCUT2D eigenvalue weighted by Gasteiger charge is -2.09. The molecule has 0 radical (unpaired) electrons. The summed E-state index contributed by atoms with van der Waals surface area (Å²) in [5.41, 5.74) is 5.13. The summed E-state index contributed by atoms with van der Waals surface area (Å²) in [4.78, 5) is 0. The average Bonchev–Trinajstić information content (AvgIpc) is 2.18. The van der Waals surface area contributed by atoms with Gasteiger partial charge in [-0.15, -0.1) is 0 Å². The molecule has 0 aliphatic rings. The molecule has 0 aliphatic heterocycles. The van der Waals surface area contributed by atoms with Crippen LogP contribution in [0.1, 0.15) is 30.5 Å². The van der Waals surface area contributed by atoms with E-state index >= 15 is 0 Å². The van der Waals surface area contributed by atoms with E-state index in [0.717, 1.165) is 12.0 Å². The topological polar surface area (TPSA) is 0 Å². The van der Waals surface area contributed by atoms with Gasteiger partial charge in [-0.2, -0.15) is 0 Å². The van der Waals surface area contributed by atoms with Gasteiger partial charge in [-0.3, -0.25) is 0 Å². The molecular weight excluding hydrogens is 168 g/mol. The van der Waals surface area contributed by atoms with Crippen molar-refractivity contribution in [3.05, 3.63) is 53.6 Å². The summed E-state index contributed by atoms with van der Waals surface area (Å²) in [5, 5.41) is 0. The van der Waals surface area contributed by atoms with E-state index in [1.807, 2.05) is 13.0 Å². The van der Waals surface area contributed by atoms with Gasteiger partial charge in [0.2, 0.25) is 0 Å². The molecule has 0 fully saturated rings. The Balaban J connectivity index is 3.15. The Kier molecular flexibility index (Phi) is 3.70. The summed E-state index contributed by atoms with van der Waals surface area (Å²) >= 11 is 0. The fourth-order valence-corrected chi connectivity index (χ4v) is 1.71. The zero-order chi connectivity index (χ0) is 10.6. The summed E-state index contributed by atoms with van der Waals surface area (Å²) in [5.74, 6) is 0. The van der Waals surface area contributed by atoms with Gasteiger partial charge in [0.15, 0.2) is 0 Å². The van der Waals surface area contributed by atoms with Crippen LogP contribution in [0, 0.1) is 6.92 Å². The molecule has 0 aliphatic carbocycles. The van der Waals surface area contributed by atoms with Crippen LogP contribution in [0.3, 0.4) is 0 Å². The van der Waals surface area contributed by atoms with Crippen molar-refractivity contribution in [1.29, 1.82) is 0 Å². The zero-order valence-electron chi connectivity index (χ0n) is 9.30. The number of hydrogen-bond donors (Lipinski definition) is 0. The van der Waals surface area contributed by atoms with Crippen LogP contribution < -0.4 is 0 Å². The molecule has 0 saturated heterocycles. The van der Waals surface area contributed by atoms with Gasteiger partial charge in [-0.05, 0) is 42.5 Å². The summed E-state index contributed by atoms with van der Waals surface area (Å²) in [6.07, 6.45) is 5.17. The Hall–Kier alpha value is -1.30. The van der Waals surface area contributed by atoms with Crippen molar-refractivity contribution in [1.82, 2.24) is 0 Å². The monoisotopic (exact) mass is 186 g/mol. The van der Waals surface area contributed by atoms with Crippen LogP contribution >= 0.6 is 0 Å². The second-order valence-corrected chi connectivity index (χ2v) is 3.47. The number of aryl methyl sites for hydroxylation is 1. The highest BCUT2D eigenvalue weighted by Crippen LogP contribution is 2.21. The second kappa shape index (κ2) is 4.80. The average molecular weight is 186 g/mol. The van der Waals surface area contributed by atoms with Crippen molar-refractivity contribution in [3.63, 3.8) is 0 Å². The third-order valence-electron chi connectivity index (χ3n) is 2.54. The van der Waals surface area contributed by atoms with Crippen LogP contribution in [-0.2, 0) is 6.42 Å². The number of benzene rings is 1. The number of rotatable bonds is 3. The Labute approximate surface area is 87.0 Å². The van der Waals surface area contributed by atoms with Crippen LogP contribution in [-0.4, -0.2) is 0 Å². The molecule has 1 rings (SSSR count). The zero-order valence-corrected chi connectivity index (χ0v) is 9.30. The van der Waals surface area contributed by atoms with Crippen LogP contribution in [0.25, 0.3) is 5.57 Å². The predicted octanol–water partition coefficient (Wildman–Crippen LogP) is 4.15. The first kappa shape index (κ1) is 10.8. The van der Waals surface area contributed by atoms with E-state index in [-0.39, 0.29) is 0 Å². The van der Waals surface area contributed by atoms with Crippen molar-refractivity contribution in [2.75, 3.05) is 0 Å². The maximum atomic E-state index is 4.06. The molecule has 74 valence electrons. The van der Waals surface area contributed by atoms with Gasteiger partial charge in [0.1, 0.15) is 0 Å². The minimum Gasteiger partial charge on any atom is -0.0912 e. The summed E-state index contributed by atoms with van der Waals surface area (Å²) in [7, 11) is 0. The fraction of sp³-hybridized carbons (Fsp3) is 0.286. The van der Waals surface area contributed by atoms with Crippen molar-refractivity contribution < 1.29 is 0 Å². The molecule has 0 amide bonds. The maximum Gasteiger partial charge on any atom is -0.0158 e. The summed E-state index contributed by atoms with van der Waals surface area (Å²) in [6, 6.07) is 6.43. The molecule has 0 atom stereocenters. The third-order valence-corrected chi connectivity index (χ3v) is 2.54. The molecule has 1 aromatic rings. The van der Waals surface area contributed by atoms with Crippen LogP contribution in [0.5, 0.6) is 0 Å². The van der Waals surface area contributed by atoms with E-state index in [9.17, 15) is 0 Å². The Bertz CT molecular complexity index is 356. The Morgan fingerprint density at radius 1 is 1.43 bits per heavy atom. The first-order valence-electron chi connectivity index (χ1n) is 5.11. The number of hydrogen-bond acceptors (Lipinski definition) is 0. The molecule has 0 nitrogen and oxygen atoms in total. The van der Waals surface area contributed by atoms with Gasteiger partial charge in [0, 0.05) is 0 Å². The first-order valence-corrected chi connectivity index (χ1v) is 5.11. The maximum absolute atomic E-state index is 4.06. The molecule has 1 aromatic carbocycles. The van der Waals surface area contributed by atoms with E-state index in [1.54, 1.807) is 0 Å². The molecule has 0 heteroatoms. The highest BCUT2D eigenvalue weighted by Gasteiger charge is 2.02. The van der Waals surface area contributed by atoms with Crippen molar-refractivity contribution in [3.8, 4) is 0 Å². The number of allylic oxidation sites excluding steroid dienone is 3. The minimum absolute atomic E-state index is 1.09. The molecule has 0 bridgehead atoms. The van der Waals surface area contributed by atoms with Gasteiger partial charge in [-0.1, -0.05) is 43.9 Å². The standard InChI is InChI=1S/C14H18/c1-5-8-11(3)14-10-7-9-13(6-2)12(14)4/h5,7-10H,3,6H2,1-2,4H3. The van der Waals surface area contributed by atoms with E-state index in [1.165, 1.54) is 16.7 Å². The van der Waals surface area contributed by atoms with Crippen molar-refractivity contribution in [2.45, 2.75) is 27.2 Å². The van der Waals surface area contributed by atoms with Gasteiger partial charge in [0.05, 0.1) is 0 Å². The van der Waals surface area contributed by atoms with Gasteiger partial charge >= 0.3 is 0 Å². The van der Waals surface area contributed by atoms with Crippen LogP contribution in [0.4, 0.5) is 0 Å². The van der Waals surface area contributed by atoms with Gasteiger partial charge < -0.3 is 0 Å². The summed E-state index contributed by atoms with van der Waals surface area (Å²) in [6.45, 7) is 10.4. The van der Waals surface area contributed by atoms with E-state index in [0.29, 0.717) is 0 Å². The fourth-order valence-electron chi connectivity index (χ4n) is 1.71. The second-order valence-electron chi connectivity index (χ2n) is 3.47. The van der Waals surface area contributed by atoms with Crippen molar-refractivity contribution >= 4 is 5.57 Å². The molecule has 0 spiro atoms. The molecule has 0 unspecified atom stereocenters. The molecule has 0 saturated carbocycles. The quantitative estimate of drug-likeness (QED) is 0.622.